The van der Waals surface area contributed by atoms with Gasteiger partial charge in [0.2, 0.25) is 0 Å². The third-order valence-electron chi connectivity index (χ3n) is 0.998. The van der Waals surface area contributed by atoms with Gasteiger partial charge in [-0.15, -0.1) is 6.42 Å². The minimum atomic E-state index is -0.0546. The Kier molecular flexibility index (Phi) is 5.23. The molecular formula is C6H12N2O. The standard InChI is InChI=1S/C6H12N2O/c1-2-3-8-6(4-7)5-9/h1,6,8-9H,3-5,7H2. The minimum Gasteiger partial charge on any atom is -0.395 e. The predicted molar refractivity (Wildman–Crippen MR) is 36.8 cm³/mol. The monoisotopic (exact) mass is 128 g/mol. The number of hydrogen-bond donors (Lipinski definition) is 3. The third-order valence-corrected chi connectivity index (χ3v) is 0.998. The fourth-order valence-electron chi connectivity index (χ4n) is 0.426. The Morgan fingerprint density at radius 1 is 1.78 bits per heavy atom. The molecule has 0 spiro atoms. The van der Waals surface area contributed by atoms with Crippen molar-refractivity contribution in [2.75, 3.05) is 19.7 Å². The van der Waals surface area contributed by atoms with Gasteiger partial charge in [0.05, 0.1) is 13.2 Å². The van der Waals surface area contributed by atoms with Crippen molar-refractivity contribution in [2.24, 2.45) is 5.73 Å². The molecule has 0 rings (SSSR count). The molecule has 0 heterocycles. The normalized spacial score (nSPS) is 12.6. The van der Waals surface area contributed by atoms with Crippen molar-refractivity contribution in [1.29, 1.82) is 0 Å². The van der Waals surface area contributed by atoms with E-state index in [0.717, 1.165) is 0 Å². The summed E-state index contributed by atoms with van der Waals surface area (Å²) in [7, 11) is 0. The zero-order valence-corrected chi connectivity index (χ0v) is 5.30. The molecule has 0 bridgehead atoms. The van der Waals surface area contributed by atoms with Gasteiger partial charge in [-0.2, -0.15) is 0 Å². The highest BCUT2D eigenvalue weighted by Gasteiger charge is 1.99. The topological polar surface area (TPSA) is 58.3 Å². The van der Waals surface area contributed by atoms with Crippen LogP contribution in [0.2, 0.25) is 0 Å². The molecule has 0 saturated heterocycles. The molecule has 0 fully saturated rings. The Bertz CT molecular complexity index is 93.7. The Morgan fingerprint density at radius 2 is 2.44 bits per heavy atom. The molecule has 52 valence electrons. The molecule has 0 aliphatic rings. The van der Waals surface area contributed by atoms with Crippen molar-refractivity contribution >= 4 is 0 Å². The van der Waals surface area contributed by atoms with Crippen LogP contribution < -0.4 is 11.1 Å². The van der Waals surface area contributed by atoms with E-state index in [2.05, 4.69) is 11.2 Å². The van der Waals surface area contributed by atoms with Crippen LogP contribution in [0.15, 0.2) is 0 Å². The van der Waals surface area contributed by atoms with Crippen molar-refractivity contribution in [3.8, 4) is 12.3 Å². The van der Waals surface area contributed by atoms with Gasteiger partial charge in [0, 0.05) is 12.6 Å². The molecule has 4 N–H and O–H groups in total. The first-order valence-electron chi connectivity index (χ1n) is 2.83. The van der Waals surface area contributed by atoms with E-state index in [0.29, 0.717) is 13.1 Å². The Labute approximate surface area is 55.2 Å². The lowest BCUT2D eigenvalue weighted by Crippen LogP contribution is -2.39. The second-order valence-electron chi connectivity index (χ2n) is 1.70. The second kappa shape index (κ2) is 5.57. The van der Waals surface area contributed by atoms with Gasteiger partial charge in [-0.3, -0.25) is 5.32 Å². The minimum absolute atomic E-state index is 0.0399. The van der Waals surface area contributed by atoms with Crippen LogP contribution in [0, 0.1) is 12.3 Å². The van der Waals surface area contributed by atoms with E-state index in [4.69, 9.17) is 17.3 Å². The molecule has 1 atom stereocenters. The number of hydrogen-bond acceptors (Lipinski definition) is 3. The zero-order chi connectivity index (χ0) is 7.11. The van der Waals surface area contributed by atoms with Gasteiger partial charge >= 0.3 is 0 Å². The second-order valence-corrected chi connectivity index (χ2v) is 1.70. The van der Waals surface area contributed by atoms with Crippen LogP contribution in [0.3, 0.4) is 0 Å². The average Bonchev–Trinajstić information content (AvgIpc) is 1.91. The Balaban J connectivity index is 3.22. The summed E-state index contributed by atoms with van der Waals surface area (Å²) < 4.78 is 0. The van der Waals surface area contributed by atoms with E-state index in [1.165, 1.54) is 0 Å². The fourth-order valence-corrected chi connectivity index (χ4v) is 0.426. The Morgan fingerprint density at radius 3 is 2.78 bits per heavy atom. The quantitative estimate of drug-likeness (QED) is 0.405. The van der Waals surface area contributed by atoms with Gasteiger partial charge in [0.25, 0.3) is 0 Å². The number of aliphatic hydroxyl groups is 1. The first-order valence-corrected chi connectivity index (χ1v) is 2.83. The van der Waals surface area contributed by atoms with Crippen LogP contribution in [0.5, 0.6) is 0 Å². The highest BCUT2D eigenvalue weighted by molar-refractivity contribution is 4.88. The summed E-state index contributed by atoms with van der Waals surface area (Å²) in [6.45, 7) is 0.915. The van der Waals surface area contributed by atoms with Crippen molar-refractivity contribution in [2.45, 2.75) is 6.04 Å². The van der Waals surface area contributed by atoms with Crippen molar-refractivity contribution < 1.29 is 5.11 Å². The number of nitrogens with two attached hydrogens (primary N) is 1. The number of nitrogens with one attached hydrogen (secondary N) is 1. The first kappa shape index (κ1) is 8.44. The van der Waals surface area contributed by atoms with Crippen molar-refractivity contribution in [3.63, 3.8) is 0 Å². The molecule has 0 aliphatic heterocycles. The van der Waals surface area contributed by atoms with Gasteiger partial charge in [-0.25, -0.2) is 0 Å². The molecule has 0 radical (unpaired) electrons. The predicted octanol–water partition coefficient (Wildman–Crippen LogP) is -1.47. The van der Waals surface area contributed by atoms with Crippen LogP contribution in [-0.2, 0) is 0 Å². The fraction of sp³-hybridized carbons (Fsp3) is 0.667. The van der Waals surface area contributed by atoms with E-state index in [1.54, 1.807) is 0 Å². The van der Waals surface area contributed by atoms with Crippen LogP contribution in [0.4, 0.5) is 0 Å². The molecule has 0 amide bonds. The summed E-state index contributed by atoms with van der Waals surface area (Å²) in [5.74, 6) is 2.39. The maximum absolute atomic E-state index is 8.54. The van der Waals surface area contributed by atoms with Crippen LogP contribution in [0.25, 0.3) is 0 Å². The molecule has 3 nitrogen and oxygen atoms in total. The summed E-state index contributed by atoms with van der Waals surface area (Å²) in [6, 6.07) is -0.0546. The van der Waals surface area contributed by atoms with Crippen LogP contribution in [0.1, 0.15) is 0 Å². The molecule has 0 aromatic heterocycles. The van der Waals surface area contributed by atoms with Gasteiger partial charge in [-0.05, 0) is 0 Å². The lowest BCUT2D eigenvalue weighted by molar-refractivity contribution is 0.249. The number of terminal acetylenes is 1. The average molecular weight is 128 g/mol. The lowest BCUT2D eigenvalue weighted by atomic mass is 10.3. The smallest absolute Gasteiger partial charge is 0.0597 e. The van der Waals surface area contributed by atoms with Gasteiger partial charge < -0.3 is 10.8 Å². The molecule has 0 aliphatic carbocycles. The van der Waals surface area contributed by atoms with E-state index < -0.39 is 0 Å². The molecular weight excluding hydrogens is 116 g/mol. The number of aliphatic hydroxyl groups excluding tert-OH is 1. The maximum atomic E-state index is 8.54. The highest BCUT2D eigenvalue weighted by atomic mass is 16.3. The Hall–Kier alpha value is -0.560. The van der Waals surface area contributed by atoms with Gasteiger partial charge in [0.1, 0.15) is 0 Å². The molecule has 9 heavy (non-hydrogen) atoms. The van der Waals surface area contributed by atoms with E-state index >= 15 is 0 Å². The van der Waals surface area contributed by atoms with Gasteiger partial charge in [0.15, 0.2) is 0 Å². The van der Waals surface area contributed by atoms with Crippen LogP contribution >= 0.6 is 0 Å². The lowest BCUT2D eigenvalue weighted by Gasteiger charge is -2.09. The highest BCUT2D eigenvalue weighted by Crippen LogP contribution is 1.73. The number of rotatable bonds is 4. The maximum Gasteiger partial charge on any atom is 0.0597 e. The van der Waals surface area contributed by atoms with Crippen LogP contribution in [-0.4, -0.2) is 30.8 Å². The van der Waals surface area contributed by atoms with E-state index in [1.807, 2.05) is 0 Å². The van der Waals surface area contributed by atoms with Crippen molar-refractivity contribution in [1.82, 2.24) is 5.32 Å². The SMILES string of the molecule is C#CCNC(CN)CO. The summed E-state index contributed by atoms with van der Waals surface area (Å²) in [6.07, 6.45) is 4.95. The largest absolute Gasteiger partial charge is 0.395 e. The summed E-state index contributed by atoms with van der Waals surface area (Å²) >= 11 is 0. The molecule has 0 aromatic rings. The summed E-state index contributed by atoms with van der Waals surface area (Å²) in [4.78, 5) is 0. The molecule has 1 unspecified atom stereocenters. The third kappa shape index (κ3) is 3.98. The molecule has 0 saturated carbocycles. The summed E-state index contributed by atoms with van der Waals surface area (Å²) in [5.41, 5.74) is 5.23. The van der Waals surface area contributed by atoms with Gasteiger partial charge in [-0.1, -0.05) is 5.92 Å². The summed E-state index contributed by atoms with van der Waals surface area (Å²) in [5, 5.41) is 11.4. The first-order chi connectivity index (χ1) is 4.35. The molecule has 3 heteroatoms. The molecule has 0 aromatic carbocycles. The zero-order valence-electron chi connectivity index (χ0n) is 5.30. The van der Waals surface area contributed by atoms with Crippen molar-refractivity contribution in [3.05, 3.63) is 0 Å². The van der Waals surface area contributed by atoms with E-state index in [9.17, 15) is 0 Å². The van der Waals surface area contributed by atoms with E-state index in [-0.39, 0.29) is 12.6 Å².